The van der Waals surface area contributed by atoms with Crippen molar-refractivity contribution in [3.63, 3.8) is 0 Å². The maximum atomic E-state index is 12.3. The van der Waals surface area contributed by atoms with Crippen molar-refractivity contribution in [3.8, 4) is 11.5 Å². The Morgan fingerprint density at radius 2 is 1.92 bits per heavy atom. The van der Waals surface area contributed by atoms with Gasteiger partial charge in [-0.25, -0.2) is 4.79 Å². The maximum absolute atomic E-state index is 12.3. The van der Waals surface area contributed by atoms with Crippen molar-refractivity contribution in [3.05, 3.63) is 47.4 Å². The first-order valence-electron chi connectivity index (χ1n) is 8.05. The molecular formula is C18H21NO6. The van der Waals surface area contributed by atoms with Crippen LogP contribution in [-0.2, 0) is 6.54 Å². The molecule has 0 saturated heterocycles. The predicted molar refractivity (Wildman–Crippen MR) is 90.2 cm³/mol. The molecule has 134 valence electrons. The van der Waals surface area contributed by atoms with E-state index in [2.05, 4.69) is 5.32 Å². The number of hydrogen-bond donors (Lipinski definition) is 2. The van der Waals surface area contributed by atoms with Gasteiger partial charge in [0.2, 0.25) is 5.76 Å². The molecule has 0 atom stereocenters. The Morgan fingerprint density at radius 1 is 1.12 bits per heavy atom. The highest BCUT2D eigenvalue weighted by Gasteiger charge is 2.13. The Balaban J connectivity index is 2.04. The van der Waals surface area contributed by atoms with Gasteiger partial charge in [0.1, 0.15) is 5.76 Å². The van der Waals surface area contributed by atoms with Crippen molar-refractivity contribution in [1.82, 2.24) is 5.32 Å². The molecule has 0 unspecified atom stereocenters. The van der Waals surface area contributed by atoms with Crippen LogP contribution < -0.4 is 14.8 Å². The van der Waals surface area contributed by atoms with Gasteiger partial charge in [-0.3, -0.25) is 4.79 Å². The number of rotatable bonds is 9. The van der Waals surface area contributed by atoms with E-state index in [-0.39, 0.29) is 18.2 Å². The van der Waals surface area contributed by atoms with E-state index >= 15 is 0 Å². The van der Waals surface area contributed by atoms with E-state index in [1.54, 1.807) is 18.2 Å². The smallest absolute Gasteiger partial charge is 0.371 e. The van der Waals surface area contributed by atoms with E-state index in [9.17, 15) is 9.59 Å². The lowest BCUT2D eigenvalue weighted by Crippen LogP contribution is -2.22. The number of benzene rings is 1. The molecule has 0 fully saturated rings. The molecule has 1 aromatic carbocycles. The van der Waals surface area contributed by atoms with Gasteiger partial charge in [-0.05, 0) is 43.7 Å². The zero-order chi connectivity index (χ0) is 18.2. The van der Waals surface area contributed by atoms with E-state index < -0.39 is 5.97 Å². The fraction of sp³-hybridized carbons (Fsp3) is 0.333. The minimum absolute atomic E-state index is 0.0875. The molecule has 1 aromatic heterocycles. The third-order valence-corrected chi connectivity index (χ3v) is 3.26. The molecule has 2 aromatic rings. The summed E-state index contributed by atoms with van der Waals surface area (Å²) in [5, 5.41) is 11.5. The largest absolute Gasteiger partial charge is 0.490 e. The SMILES string of the molecule is CCCOc1ccc(C(=O)NCc2ccc(C(=O)O)o2)cc1OCC. The molecular weight excluding hydrogens is 326 g/mol. The van der Waals surface area contributed by atoms with Crippen LogP contribution in [0.15, 0.2) is 34.7 Å². The lowest BCUT2D eigenvalue weighted by molar-refractivity contribution is 0.0660. The van der Waals surface area contributed by atoms with E-state index in [4.69, 9.17) is 19.0 Å². The first kappa shape index (κ1) is 18.4. The van der Waals surface area contributed by atoms with Crippen LogP contribution in [0.3, 0.4) is 0 Å². The summed E-state index contributed by atoms with van der Waals surface area (Å²) < 4.78 is 16.2. The zero-order valence-electron chi connectivity index (χ0n) is 14.2. The molecule has 0 aliphatic carbocycles. The summed E-state index contributed by atoms with van der Waals surface area (Å²) in [5.74, 6) is -0.177. The standard InChI is InChI=1S/C18H21NO6/c1-3-9-24-14-7-5-12(10-16(14)23-4-2)17(20)19-11-13-6-8-15(25-13)18(21)22/h5-8,10H,3-4,9,11H2,1-2H3,(H,19,20)(H,21,22). The van der Waals surface area contributed by atoms with Crippen LogP contribution in [0.5, 0.6) is 11.5 Å². The summed E-state index contributed by atoms with van der Waals surface area (Å²) in [7, 11) is 0. The number of carbonyl (C=O) groups is 2. The number of nitrogens with one attached hydrogen (secondary N) is 1. The topological polar surface area (TPSA) is 98.0 Å². The summed E-state index contributed by atoms with van der Waals surface area (Å²) in [6.45, 7) is 4.97. The highest BCUT2D eigenvalue weighted by molar-refractivity contribution is 5.94. The lowest BCUT2D eigenvalue weighted by atomic mass is 10.2. The molecule has 0 bridgehead atoms. The van der Waals surface area contributed by atoms with Crippen LogP contribution in [0.25, 0.3) is 0 Å². The quantitative estimate of drug-likeness (QED) is 0.723. The highest BCUT2D eigenvalue weighted by atomic mass is 16.5. The molecule has 0 aliphatic rings. The molecule has 2 rings (SSSR count). The number of furan rings is 1. The zero-order valence-corrected chi connectivity index (χ0v) is 14.2. The third kappa shape index (κ3) is 5.00. The van der Waals surface area contributed by atoms with Gasteiger partial charge in [0, 0.05) is 5.56 Å². The second-order valence-electron chi connectivity index (χ2n) is 5.20. The van der Waals surface area contributed by atoms with Gasteiger partial charge in [0.25, 0.3) is 5.91 Å². The summed E-state index contributed by atoms with van der Waals surface area (Å²) in [4.78, 5) is 23.0. The van der Waals surface area contributed by atoms with Crippen molar-refractivity contribution in [1.29, 1.82) is 0 Å². The average Bonchev–Trinajstić information content (AvgIpc) is 3.08. The van der Waals surface area contributed by atoms with Crippen LogP contribution in [0.1, 0.15) is 46.9 Å². The first-order valence-corrected chi connectivity index (χ1v) is 8.05. The van der Waals surface area contributed by atoms with E-state index in [0.29, 0.717) is 36.0 Å². The monoisotopic (exact) mass is 347 g/mol. The van der Waals surface area contributed by atoms with Crippen LogP contribution in [0, 0.1) is 0 Å². The van der Waals surface area contributed by atoms with E-state index in [1.165, 1.54) is 12.1 Å². The lowest BCUT2D eigenvalue weighted by Gasteiger charge is -2.13. The van der Waals surface area contributed by atoms with Crippen molar-refractivity contribution >= 4 is 11.9 Å². The van der Waals surface area contributed by atoms with Gasteiger partial charge in [0.15, 0.2) is 11.5 Å². The Labute approximate surface area is 145 Å². The molecule has 0 saturated carbocycles. The number of carboxylic acid groups (broad SMARTS) is 1. The second-order valence-corrected chi connectivity index (χ2v) is 5.20. The highest BCUT2D eigenvalue weighted by Crippen LogP contribution is 2.28. The van der Waals surface area contributed by atoms with Gasteiger partial charge in [-0.15, -0.1) is 0 Å². The Bertz CT molecular complexity index is 737. The van der Waals surface area contributed by atoms with Gasteiger partial charge in [0.05, 0.1) is 19.8 Å². The minimum atomic E-state index is -1.15. The average molecular weight is 347 g/mol. The number of amides is 1. The van der Waals surface area contributed by atoms with E-state index in [0.717, 1.165) is 6.42 Å². The number of ether oxygens (including phenoxy) is 2. The Kier molecular flexibility index (Phi) is 6.45. The number of hydrogen-bond acceptors (Lipinski definition) is 5. The minimum Gasteiger partial charge on any atom is -0.490 e. The molecule has 7 nitrogen and oxygen atoms in total. The molecule has 0 aliphatic heterocycles. The summed E-state index contributed by atoms with van der Waals surface area (Å²) >= 11 is 0. The van der Waals surface area contributed by atoms with Crippen LogP contribution >= 0.6 is 0 Å². The van der Waals surface area contributed by atoms with Gasteiger partial charge in [-0.1, -0.05) is 6.92 Å². The van der Waals surface area contributed by atoms with E-state index in [1.807, 2.05) is 13.8 Å². The van der Waals surface area contributed by atoms with Crippen molar-refractivity contribution in [2.24, 2.45) is 0 Å². The molecule has 7 heteroatoms. The van der Waals surface area contributed by atoms with Crippen LogP contribution in [0.4, 0.5) is 0 Å². The van der Waals surface area contributed by atoms with Crippen LogP contribution in [0.2, 0.25) is 0 Å². The third-order valence-electron chi connectivity index (χ3n) is 3.26. The molecule has 0 radical (unpaired) electrons. The first-order chi connectivity index (χ1) is 12.0. The fourth-order valence-corrected chi connectivity index (χ4v) is 2.11. The summed E-state index contributed by atoms with van der Waals surface area (Å²) in [6, 6.07) is 7.82. The van der Waals surface area contributed by atoms with Crippen molar-refractivity contribution in [2.75, 3.05) is 13.2 Å². The summed E-state index contributed by atoms with van der Waals surface area (Å²) in [6.07, 6.45) is 0.870. The van der Waals surface area contributed by atoms with Gasteiger partial charge >= 0.3 is 5.97 Å². The molecule has 1 heterocycles. The number of aromatic carboxylic acids is 1. The Morgan fingerprint density at radius 3 is 2.56 bits per heavy atom. The summed E-state index contributed by atoms with van der Waals surface area (Å²) in [5.41, 5.74) is 0.414. The van der Waals surface area contributed by atoms with Gasteiger partial charge in [-0.2, -0.15) is 0 Å². The van der Waals surface area contributed by atoms with Crippen molar-refractivity contribution < 1.29 is 28.6 Å². The maximum Gasteiger partial charge on any atom is 0.371 e. The number of carbonyl (C=O) groups excluding carboxylic acids is 1. The second kappa shape index (κ2) is 8.77. The molecule has 0 spiro atoms. The van der Waals surface area contributed by atoms with Crippen molar-refractivity contribution in [2.45, 2.75) is 26.8 Å². The molecule has 2 N–H and O–H groups in total. The fourth-order valence-electron chi connectivity index (χ4n) is 2.11. The number of carboxylic acids is 1. The molecule has 25 heavy (non-hydrogen) atoms. The molecule has 1 amide bonds. The normalized spacial score (nSPS) is 10.3. The van der Waals surface area contributed by atoms with Gasteiger partial charge < -0.3 is 24.3 Å². The van der Waals surface area contributed by atoms with Crippen LogP contribution in [-0.4, -0.2) is 30.2 Å². The predicted octanol–water partition coefficient (Wildman–Crippen LogP) is 3.10. The Hall–Kier alpha value is -2.96.